The first kappa shape index (κ1) is 12.6. The Hall–Kier alpha value is -1.82. The number of hydrogen-bond donors (Lipinski definition) is 2. The summed E-state index contributed by atoms with van der Waals surface area (Å²) in [5, 5.41) is 6.83. The Morgan fingerprint density at radius 1 is 1.50 bits per heavy atom. The van der Waals surface area contributed by atoms with Gasteiger partial charge in [0.1, 0.15) is 6.54 Å². The van der Waals surface area contributed by atoms with Gasteiger partial charge in [-0.1, -0.05) is 18.2 Å². The van der Waals surface area contributed by atoms with Gasteiger partial charge in [0.15, 0.2) is 5.82 Å². The van der Waals surface area contributed by atoms with E-state index in [0.717, 1.165) is 11.3 Å². The molecule has 1 heterocycles. The van der Waals surface area contributed by atoms with Crippen LogP contribution in [-0.4, -0.2) is 15.7 Å². The number of aryl methyl sites for hydroxylation is 1. The van der Waals surface area contributed by atoms with Crippen molar-refractivity contribution in [3.8, 4) is 0 Å². The number of nitrogens with one attached hydrogen (secondary N) is 1. The minimum absolute atomic E-state index is 0.129. The Kier molecular flexibility index (Phi) is 3.66. The van der Waals surface area contributed by atoms with Gasteiger partial charge in [-0.05, 0) is 34.5 Å². The maximum atomic E-state index is 11.8. The first-order chi connectivity index (χ1) is 8.56. The van der Waals surface area contributed by atoms with Gasteiger partial charge < -0.3 is 11.1 Å². The van der Waals surface area contributed by atoms with Gasteiger partial charge in [0.25, 0.3) is 0 Å². The number of nitrogen functional groups attached to an aromatic ring is 1. The Morgan fingerprint density at radius 3 is 2.83 bits per heavy atom. The number of halogens is 1. The van der Waals surface area contributed by atoms with Crippen molar-refractivity contribution in [3.63, 3.8) is 0 Å². The first-order valence-corrected chi connectivity index (χ1v) is 6.19. The molecule has 18 heavy (non-hydrogen) atoms. The van der Waals surface area contributed by atoms with Crippen LogP contribution in [0.5, 0.6) is 0 Å². The van der Waals surface area contributed by atoms with Crippen molar-refractivity contribution in [3.05, 3.63) is 40.5 Å². The molecule has 0 aliphatic heterocycles. The van der Waals surface area contributed by atoms with E-state index in [1.54, 1.807) is 6.20 Å². The van der Waals surface area contributed by atoms with Crippen molar-refractivity contribution in [2.75, 3.05) is 11.1 Å². The molecule has 1 aromatic heterocycles. The zero-order valence-electron chi connectivity index (χ0n) is 9.85. The summed E-state index contributed by atoms with van der Waals surface area (Å²) in [4.78, 5) is 11.8. The zero-order chi connectivity index (χ0) is 13.1. The van der Waals surface area contributed by atoms with Gasteiger partial charge in [0, 0.05) is 11.9 Å². The largest absolute Gasteiger partial charge is 0.381 e. The van der Waals surface area contributed by atoms with Crippen molar-refractivity contribution in [1.29, 1.82) is 0 Å². The predicted octanol–water partition coefficient (Wildman–Crippen LogP) is 2.17. The van der Waals surface area contributed by atoms with Crippen LogP contribution >= 0.6 is 15.9 Å². The molecule has 6 heteroatoms. The van der Waals surface area contributed by atoms with Crippen LogP contribution in [0, 0.1) is 6.92 Å². The van der Waals surface area contributed by atoms with E-state index in [0.29, 0.717) is 10.3 Å². The lowest BCUT2D eigenvalue weighted by Gasteiger charge is -2.07. The normalized spacial score (nSPS) is 10.3. The number of carbonyl (C=O) groups excluding carboxylic acids is 1. The molecule has 0 fully saturated rings. The number of nitrogens with zero attached hydrogens (tertiary/aromatic N) is 2. The second kappa shape index (κ2) is 5.22. The van der Waals surface area contributed by atoms with Crippen LogP contribution in [0.1, 0.15) is 5.56 Å². The van der Waals surface area contributed by atoms with E-state index in [-0.39, 0.29) is 12.5 Å². The standard InChI is InChI=1S/C12H13BrN4O/c1-8-4-2-3-5-10(8)15-11(18)7-17-6-9(13)12(14)16-17/h2-6H,7H2,1H3,(H2,14,16)(H,15,18). The smallest absolute Gasteiger partial charge is 0.246 e. The minimum Gasteiger partial charge on any atom is -0.381 e. The van der Waals surface area contributed by atoms with Crippen molar-refractivity contribution < 1.29 is 4.79 Å². The van der Waals surface area contributed by atoms with Gasteiger partial charge in [-0.2, -0.15) is 5.10 Å². The SMILES string of the molecule is Cc1ccccc1NC(=O)Cn1cc(Br)c(N)n1. The third kappa shape index (κ3) is 2.89. The average Bonchev–Trinajstić information content (AvgIpc) is 2.61. The highest BCUT2D eigenvalue weighted by molar-refractivity contribution is 9.10. The molecule has 5 nitrogen and oxygen atoms in total. The molecule has 0 atom stereocenters. The summed E-state index contributed by atoms with van der Waals surface area (Å²) in [7, 11) is 0. The van der Waals surface area contributed by atoms with Crippen LogP contribution in [0.25, 0.3) is 0 Å². The highest BCUT2D eigenvalue weighted by Gasteiger charge is 2.08. The predicted molar refractivity (Wildman–Crippen MR) is 74.1 cm³/mol. The van der Waals surface area contributed by atoms with E-state index in [1.165, 1.54) is 4.68 Å². The maximum Gasteiger partial charge on any atom is 0.246 e. The molecule has 0 spiro atoms. The fraction of sp³-hybridized carbons (Fsp3) is 0.167. The van der Waals surface area contributed by atoms with Gasteiger partial charge in [-0.3, -0.25) is 9.48 Å². The third-order valence-corrected chi connectivity index (χ3v) is 3.08. The Balaban J connectivity index is 2.03. The molecule has 3 N–H and O–H groups in total. The van der Waals surface area contributed by atoms with Crippen LogP contribution < -0.4 is 11.1 Å². The van der Waals surface area contributed by atoms with Crippen molar-refractivity contribution in [2.24, 2.45) is 0 Å². The fourth-order valence-electron chi connectivity index (χ4n) is 1.54. The van der Waals surface area contributed by atoms with Crippen molar-refractivity contribution in [2.45, 2.75) is 13.5 Å². The van der Waals surface area contributed by atoms with Crippen LogP contribution in [0.15, 0.2) is 34.9 Å². The van der Waals surface area contributed by atoms with Crippen LogP contribution in [0.3, 0.4) is 0 Å². The quantitative estimate of drug-likeness (QED) is 0.912. The third-order valence-electron chi connectivity index (χ3n) is 2.47. The molecule has 2 rings (SSSR count). The molecular formula is C12H13BrN4O. The summed E-state index contributed by atoms with van der Waals surface area (Å²) < 4.78 is 2.18. The molecule has 0 aliphatic rings. The van der Waals surface area contributed by atoms with Crippen molar-refractivity contribution in [1.82, 2.24) is 9.78 Å². The number of aromatic nitrogens is 2. The molecular weight excluding hydrogens is 296 g/mol. The molecule has 1 aromatic carbocycles. The van der Waals surface area contributed by atoms with Crippen molar-refractivity contribution >= 4 is 33.3 Å². The van der Waals surface area contributed by atoms with E-state index < -0.39 is 0 Å². The van der Waals surface area contributed by atoms with E-state index in [1.807, 2.05) is 31.2 Å². The average molecular weight is 309 g/mol. The Labute approximate surface area is 113 Å². The Bertz CT molecular complexity index is 560. The highest BCUT2D eigenvalue weighted by Crippen LogP contribution is 2.16. The number of rotatable bonds is 3. The van der Waals surface area contributed by atoms with Gasteiger partial charge in [0.05, 0.1) is 4.47 Å². The summed E-state index contributed by atoms with van der Waals surface area (Å²) >= 11 is 3.24. The van der Waals surface area contributed by atoms with Gasteiger partial charge in [-0.25, -0.2) is 0 Å². The van der Waals surface area contributed by atoms with E-state index >= 15 is 0 Å². The maximum absolute atomic E-state index is 11.8. The number of anilines is 2. The second-order valence-electron chi connectivity index (χ2n) is 3.92. The lowest BCUT2D eigenvalue weighted by molar-refractivity contribution is -0.116. The highest BCUT2D eigenvalue weighted by atomic mass is 79.9. The van der Waals surface area contributed by atoms with E-state index in [9.17, 15) is 4.79 Å². The molecule has 0 saturated heterocycles. The molecule has 94 valence electrons. The number of carbonyl (C=O) groups is 1. The molecule has 0 saturated carbocycles. The van der Waals surface area contributed by atoms with E-state index in [2.05, 4.69) is 26.3 Å². The monoisotopic (exact) mass is 308 g/mol. The first-order valence-electron chi connectivity index (χ1n) is 5.40. The van der Waals surface area contributed by atoms with Gasteiger partial charge in [0.2, 0.25) is 5.91 Å². The molecule has 2 aromatic rings. The summed E-state index contributed by atoms with van der Waals surface area (Å²) in [6.07, 6.45) is 1.67. The summed E-state index contributed by atoms with van der Waals surface area (Å²) in [6, 6.07) is 7.61. The lowest BCUT2D eigenvalue weighted by Crippen LogP contribution is -2.19. The molecule has 0 aliphatic carbocycles. The number of amides is 1. The van der Waals surface area contributed by atoms with Crippen LogP contribution in [0.2, 0.25) is 0 Å². The summed E-state index contributed by atoms with van der Waals surface area (Å²) in [5.74, 6) is 0.234. The molecule has 0 unspecified atom stereocenters. The molecule has 0 radical (unpaired) electrons. The topological polar surface area (TPSA) is 72.9 Å². The zero-order valence-corrected chi connectivity index (χ0v) is 11.4. The van der Waals surface area contributed by atoms with Crippen LogP contribution in [0.4, 0.5) is 11.5 Å². The lowest BCUT2D eigenvalue weighted by atomic mass is 10.2. The van der Waals surface area contributed by atoms with Crippen LogP contribution in [-0.2, 0) is 11.3 Å². The number of hydrogen-bond acceptors (Lipinski definition) is 3. The van der Waals surface area contributed by atoms with Gasteiger partial charge >= 0.3 is 0 Å². The minimum atomic E-state index is -0.140. The molecule has 0 bridgehead atoms. The number of nitrogens with two attached hydrogens (primary N) is 1. The summed E-state index contributed by atoms with van der Waals surface area (Å²) in [5.41, 5.74) is 7.41. The van der Waals surface area contributed by atoms with E-state index in [4.69, 9.17) is 5.73 Å². The molecule has 1 amide bonds. The number of para-hydroxylation sites is 1. The second-order valence-corrected chi connectivity index (χ2v) is 4.78. The summed E-state index contributed by atoms with van der Waals surface area (Å²) in [6.45, 7) is 2.07. The fourth-order valence-corrected chi connectivity index (χ4v) is 1.86. The number of benzene rings is 1. The Morgan fingerprint density at radius 2 is 2.22 bits per heavy atom. The van der Waals surface area contributed by atoms with Gasteiger partial charge in [-0.15, -0.1) is 0 Å².